The molecule has 196 valence electrons. The highest BCUT2D eigenvalue weighted by Crippen LogP contribution is 2.30. The van der Waals surface area contributed by atoms with E-state index in [2.05, 4.69) is 42.4 Å². The third-order valence-corrected chi connectivity index (χ3v) is 6.97. The number of carbonyl (C=O) groups excluding carboxylic acids is 1. The first-order valence-corrected chi connectivity index (χ1v) is 12.9. The van der Waals surface area contributed by atoms with Crippen LogP contribution in [-0.4, -0.2) is 59.9 Å². The number of rotatable bonds is 8. The molecule has 0 aliphatic carbocycles. The van der Waals surface area contributed by atoms with Gasteiger partial charge in [0.1, 0.15) is 30.5 Å². The van der Waals surface area contributed by atoms with E-state index in [1.54, 1.807) is 29.2 Å². The van der Waals surface area contributed by atoms with Crippen LogP contribution < -0.4 is 10.1 Å². The zero-order valence-electron chi connectivity index (χ0n) is 21.8. The fourth-order valence-corrected chi connectivity index (χ4v) is 4.83. The van der Waals surface area contributed by atoms with Gasteiger partial charge in [0.25, 0.3) is 0 Å². The van der Waals surface area contributed by atoms with E-state index < -0.39 is 0 Å². The first-order chi connectivity index (χ1) is 19.0. The van der Waals surface area contributed by atoms with E-state index >= 15 is 0 Å². The maximum Gasteiger partial charge on any atom is 0.224 e. The summed E-state index contributed by atoms with van der Waals surface area (Å²) in [5.74, 6) is 1.88. The number of benzene rings is 2. The number of fused-ring (bicyclic) bond motifs is 2. The SMILES string of the molecule is Cc1cc(Nc2ncnc3ccc(CC(=O)/C=C/[C@@H]4CCCN4C)cc23)ccc1Oc1cc2nncn2cn1. The fourth-order valence-electron chi connectivity index (χ4n) is 4.83. The minimum atomic E-state index is 0.0878. The highest BCUT2D eigenvalue weighted by Gasteiger charge is 2.18. The van der Waals surface area contributed by atoms with Gasteiger partial charge >= 0.3 is 0 Å². The van der Waals surface area contributed by atoms with Gasteiger partial charge in [0.15, 0.2) is 11.4 Å². The van der Waals surface area contributed by atoms with Crippen molar-refractivity contribution in [1.29, 1.82) is 0 Å². The predicted octanol–water partition coefficient (Wildman–Crippen LogP) is 4.67. The Labute approximate surface area is 225 Å². The zero-order chi connectivity index (χ0) is 26.8. The van der Waals surface area contributed by atoms with Gasteiger partial charge in [-0.25, -0.2) is 15.0 Å². The quantitative estimate of drug-likeness (QED) is 0.292. The van der Waals surface area contributed by atoms with E-state index in [1.807, 2.05) is 49.4 Å². The van der Waals surface area contributed by atoms with E-state index in [0.717, 1.165) is 40.7 Å². The lowest BCUT2D eigenvalue weighted by Gasteiger charge is -2.14. The van der Waals surface area contributed by atoms with Crippen molar-refractivity contribution < 1.29 is 9.53 Å². The second-order valence-corrected chi connectivity index (χ2v) is 9.80. The number of ketones is 1. The standard InChI is InChI=1S/C29H28N8O2/c1-19-12-21(6-10-26(19)39-28-15-27-35-33-18-37(27)17-32-28)34-29-24-14-20(5-9-25(24)30-16-31-29)13-23(38)8-7-22-4-3-11-36(22)2/h5-10,12,14-18,22H,3-4,11,13H2,1-2H3,(H,30,31,34)/b8-7+/t22-/m0/s1. The molecule has 10 heteroatoms. The average molecular weight is 521 g/mol. The Bertz CT molecular complexity index is 1700. The molecule has 0 unspecified atom stereocenters. The van der Waals surface area contributed by atoms with Crippen LogP contribution in [-0.2, 0) is 11.2 Å². The molecule has 1 N–H and O–H groups in total. The van der Waals surface area contributed by atoms with Crippen molar-refractivity contribution in [2.75, 3.05) is 18.9 Å². The van der Waals surface area contributed by atoms with Crippen molar-refractivity contribution in [3.05, 3.63) is 84.7 Å². The minimum absolute atomic E-state index is 0.0878. The Morgan fingerprint density at radius 2 is 2.05 bits per heavy atom. The highest BCUT2D eigenvalue weighted by atomic mass is 16.5. The van der Waals surface area contributed by atoms with Gasteiger partial charge in [-0.2, -0.15) is 0 Å². The first-order valence-electron chi connectivity index (χ1n) is 12.9. The molecule has 1 saturated heterocycles. The van der Waals surface area contributed by atoms with E-state index in [0.29, 0.717) is 35.6 Å². The van der Waals surface area contributed by atoms with E-state index in [9.17, 15) is 4.79 Å². The van der Waals surface area contributed by atoms with Crippen LogP contribution in [0.25, 0.3) is 16.6 Å². The molecule has 39 heavy (non-hydrogen) atoms. The summed E-state index contributed by atoms with van der Waals surface area (Å²) in [4.78, 5) is 28.1. The molecule has 4 heterocycles. The summed E-state index contributed by atoms with van der Waals surface area (Å²) in [6.07, 6.45) is 11.1. The zero-order valence-corrected chi connectivity index (χ0v) is 21.8. The number of hydrogen-bond donors (Lipinski definition) is 1. The Hall–Kier alpha value is -4.70. The number of aryl methyl sites for hydroxylation is 1. The number of allylic oxidation sites excluding steroid dienone is 1. The largest absolute Gasteiger partial charge is 0.439 e. The summed E-state index contributed by atoms with van der Waals surface area (Å²) in [5, 5.41) is 12.1. The van der Waals surface area contributed by atoms with E-state index in [4.69, 9.17) is 4.74 Å². The summed E-state index contributed by atoms with van der Waals surface area (Å²) in [5.41, 5.74) is 4.16. The van der Waals surface area contributed by atoms with E-state index in [1.165, 1.54) is 12.7 Å². The number of nitrogens with one attached hydrogen (secondary N) is 1. The lowest BCUT2D eigenvalue weighted by Crippen LogP contribution is -2.22. The van der Waals surface area contributed by atoms with Crippen LogP contribution >= 0.6 is 0 Å². The Morgan fingerprint density at radius 1 is 1.13 bits per heavy atom. The average Bonchev–Trinajstić information content (AvgIpc) is 3.57. The lowest BCUT2D eigenvalue weighted by molar-refractivity contribution is -0.114. The molecule has 6 rings (SSSR count). The summed E-state index contributed by atoms with van der Waals surface area (Å²) in [6.45, 7) is 3.05. The number of hydrogen-bond acceptors (Lipinski definition) is 9. The van der Waals surface area contributed by atoms with Gasteiger partial charge in [0.05, 0.1) is 5.52 Å². The molecule has 1 aliphatic heterocycles. The van der Waals surface area contributed by atoms with Crippen molar-refractivity contribution in [2.24, 2.45) is 0 Å². The Kier molecular flexibility index (Phi) is 6.68. The second-order valence-electron chi connectivity index (χ2n) is 9.80. The highest BCUT2D eigenvalue weighted by molar-refractivity contribution is 5.94. The van der Waals surface area contributed by atoms with Gasteiger partial charge in [-0.1, -0.05) is 12.1 Å². The number of anilines is 2. The molecule has 0 radical (unpaired) electrons. The molecule has 5 aromatic rings. The van der Waals surface area contributed by atoms with Crippen molar-refractivity contribution >= 4 is 33.8 Å². The van der Waals surface area contributed by atoms with Crippen molar-refractivity contribution in [1.82, 2.24) is 34.4 Å². The van der Waals surface area contributed by atoms with Gasteiger partial charge in [0.2, 0.25) is 5.88 Å². The van der Waals surface area contributed by atoms with Gasteiger partial charge in [-0.05, 0) is 80.9 Å². The third-order valence-electron chi connectivity index (χ3n) is 6.97. The molecule has 0 saturated carbocycles. The van der Waals surface area contributed by atoms with Gasteiger partial charge in [-0.3, -0.25) is 14.1 Å². The van der Waals surface area contributed by atoms with Crippen LogP contribution in [0.15, 0.2) is 73.6 Å². The van der Waals surface area contributed by atoms with E-state index in [-0.39, 0.29) is 5.78 Å². The topological polar surface area (TPSA) is 110 Å². The van der Waals surface area contributed by atoms with Crippen LogP contribution in [0.5, 0.6) is 11.6 Å². The molecular formula is C29H28N8O2. The van der Waals surface area contributed by atoms with Crippen molar-refractivity contribution in [3.8, 4) is 11.6 Å². The molecule has 0 amide bonds. The maximum absolute atomic E-state index is 12.7. The van der Waals surface area contributed by atoms with Crippen molar-refractivity contribution in [2.45, 2.75) is 32.2 Å². The van der Waals surface area contributed by atoms with Gasteiger partial charge in [-0.15, -0.1) is 10.2 Å². The van der Waals surface area contributed by atoms with Gasteiger partial charge < -0.3 is 10.1 Å². The Morgan fingerprint density at radius 3 is 2.90 bits per heavy atom. The van der Waals surface area contributed by atoms with Crippen molar-refractivity contribution in [3.63, 3.8) is 0 Å². The van der Waals surface area contributed by atoms with Crippen LogP contribution in [0.4, 0.5) is 11.5 Å². The Balaban J connectivity index is 1.18. The van der Waals surface area contributed by atoms with Crippen LogP contribution in [0.2, 0.25) is 0 Å². The number of ether oxygens (including phenoxy) is 1. The molecule has 1 atom stereocenters. The molecule has 10 nitrogen and oxygen atoms in total. The molecule has 1 aliphatic rings. The third kappa shape index (κ3) is 5.46. The summed E-state index contributed by atoms with van der Waals surface area (Å²) in [7, 11) is 2.10. The summed E-state index contributed by atoms with van der Waals surface area (Å²) >= 11 is 0. The monoisotopic (exact) mass is 520 g/mol. The molecule has 0 spiro atoms. The molecule has 2 aromatic carbocycles. The second kappa shape index (κ2) is 10.6. The minimum Gasteiger partial charge on any atom is -0.439 e. The first kappa shape index (κ1) is 24.6. The molecule has 0 bridgehead atoms. The number of carbonyl (C=O) groups is 1. The van der Waals surface area contributed by atoms with Crippen LogP contribution in [0.1, 0.15) is 24.0 Å². The summed E-state index contributed by atoms with van der Waals surface area (Å²) in [6, 6.07) is 13.7. The number of likely N-dealkylation sites (N-methyl/N-ethyl adjacent to an activating group) is 1. The summed E-state index contributed by atoms with van der Waals surface area (Å²) < 4.78 is 7.70. The fraction of sp³-hybridized carbons (Fsp3) is 0.241. The van der Waals surface area contributed by atoms with Crippen LogP contribution in [0, 0.1) is 6.92 Å². The maximum atomic E-state index is 12.7. The molecular weight excluding hydrogens is 492 g/mol. The smallest absolute Gasteiger partial charge is 0.224 e. The lowest BCUT2D eigenvalue weighted by atomic mass is 10.0. The number of aromatic nitrogens is 6. The number of likely N-dealkylation sites (tertiary alicyclic amines) is 1. The normalized spacial score (nSPS) is 15.9. The predicted molar refractivity (Wildman–Crippen MR) is 148 cm³/mol. The van der Waals surface area contributed by atoms with Gasteiger partial charge in [0, 0.05) is 29.6 Å². The molecule has 1 fully saturated rings. The van der Waals surface area contributed by atoms with Crippen LogP contribution in [0.3, 0.4) is 0 Å². The molecule has 3 aromatic heterocycles. The number of nitrogens with zero attached hydrogens (tertiary/aromatic N) is 7.